The van der Waals surface area contributed by atoms with Crippen LogP contribution in [0.25, 0.3) is 0 Å². The summed E-state index contributed by atoms with van der Waals surface area (Å²) in [6.07, 6.45) is 1.82. The third kappa shape index (κ3) is 9.84. The molecule has 0 aromatic heterocycles. The van der Waals surface area contributed by atoms with E-state index in [9.17, 15) is 0 Å². The van der Waals surface area contributed by atoms with Crippen LogP contribution in [0.15, 0.2) is 17.6 Å². The number of guanidine groups is 1. The molecular weight excluding hydrogens is 216 g/mol. The van der Waals surface area contributed by atoms with Gasteiger partial charge >= 0.3 is 0 Å². The summed E-state index contributed by atoms with van der Waals surface area (Å²) >= 11 is 0. The molecule has 0 aliphatic heterocycles. The lowest BCUT2D eigenvalue weighted by Gasteiger charge is -2.15. The van der Waals surface area contributed by atoms with Gasteiger partial charge in [-0.15, -0.1) is 6.58 Å². The van der Waals surface area contributed by atoms with Gasteiger partial charge in [-0.2, -0.15) is 0 Å². The average molecular weight is 242 g/mol. The summed E-state index contributed by atoms with van der Waals surface area (Å²) in [5.41, 5.74) is 0. The maximum Gasteiger partial charge on any atom is 0.191 e. The van der Waals surface area contributed by atoms with Crippen molar-refractivity contribution in [3.8, 4) is 0 Å². The van der Waals surface area contributed by atoms with E-state index in [4.69, 9.17) is 4.74 Å². The van der Waals surface area contributed by atoms with E-state index < -0.39 is 0 Å². The molecule has 0 heterocycles. The van der Waals surface area contributed by atoms with Crippen molar-refractivity contribution < 1.29 is 4.74 Å². The average Bonchev–Trinajstić information content (AvgIpc) is 2.33. The second-order valence-electron chi connectivity index (χ2n) is 3.73. The third-order valence-corrected chi connectivity index (χ3v) is 2.19. The maximum absolute atomic E-state index is 5.02. The van der Waals surface area contributed by atoms with Crippen molar-refractivity contribution >= 4 is 5.96 Å². The first kappa shape index (κ1) is 15.9. The normalized spacial score (nSPS) is 11.6. The summed E-state index contributed by atoms with van der Waals surface area (Å²) in [5, 5.41) is 6.35. The minimum Gasteiger partial charge on any atom is -0.383 e. The van der Waals surface area contributed by atoms with Gasteiger partial charge < -0.3 is 20.3 Å². The van der Waals surface area contributed by atoms with Gasteiger partial charge in [0, 0.05) is 33.3 Å². The molecule has 5 nitrogen and oxygen atoms in total. The Morgan fingerprint density at radius 1 is 1.41 bits per heavy atom. The molecule has 0 aromatic rings. The summed E-state index contributed by atoms with van der Waals surface area (Å²) in [6, 6.07) is 0. The molecule has 0 amide bonds. The lowest BCUT2D eigenvalue weighted by Crippen LogP contribution is -2.38. The minimum atomic E-state index is 0.728. The Bertz CT molecular complexity index is 219. The van der Waals surface area contributed by atoms with Crippen LogP contribution >= 0.6 is 0 Å². The Kier molecular flexibility index (Phi) is 10.7. The van der Waals surface area contributed by atoms with Crippen LogP contribution in [0.4, 0.5) is 0 Å². The van der Waals surface area contributed by atoms with Crippen molar-refractivity contribution in [3.05, 3.63) is 12.7 Å². The molecule has 100 valence electrons. The van der Waals surface area contributed by atoms with E-state index in [-0.39, 0.29) is 0 Å². The number of likely N-dealkylation sites (N-methyl/N-ethyl adjacent to an activating group) is 1. The fourth-order valence-corrected chi connectivity index (χ4v) is 1.20. The van der Waals surface area contributed by atoms with E-state index in [2.05, 4.69) is 41.1 Å². The quantitative estimate of drug-likeness (QED) is 0.347. The van der Waals surface area contributed by atoms with Crippen molar-refractivity contribution in [2.45, 2.75) is 6.92 Å². The van der Waals surface area contributed by atoms with Crippen molar-refractivity contribution in [2.75, 3.05) is 53.5 Å². The van der Waals surface area contributed by atoms with Gasteiger partial charge in [-0.25, -0.2) is 0 Å². The van der Waals surface area contributed by atoms with Crippen LogP contribution in [-0.2, 0) is 4.74 Å². The van der Waals surface area contributed by atoms with E-state index in [0.29, 0.717) is 0 Å². The standard InChI is InChI=1S/C12H26N4O/c1-5-7-14-12(13-6-2)15-8-9-16(3)10-11-17-4/h5H,1,6-11H2,2-4H3,(H2,13,14,15). The lowest BCUT2D eigenvalue weighted by atomic mass is 10.5. The van der Waals surface area contributed by atoms with E-state index in [1.807, 2.05) is 6.08 Å². The highest BCUT2D eigenvalue weighted by atomic mass is 16.5. The molecule has 0 radical (unpaired) electrons. The summed E-state index contributed by atoms with van der Waals surface area (Å²) in [4.78, 5) is 6.66. The molecule has 0 bridgehead atoms. The zero-order chi connectivity index (χ0) is 12.9. The third-order valence-electron chi connectivity index (χ3n) is 2.19. The fraction of sp³-hybridized carbons (Fsp3) is 0.750. The second kappa shape index (κ2) is 11.4. The van der Waals surface area contributed by atoms with E-state index in [0.717, 1.165) is 45.3 Å². The number of aliphatic imine (C=N–C) groups is 1. The first-order valence-electron chi connectivity index (χ1n) is 6.05. The monoisotopic (exact) mass is 242 g/mol. The molecule has 0 spiro atoms. The lowest BCUT2D eigenvalue weighted by molar-refractivity contribution is 0.163. The summed E-state index contributed by atoms with van der Waals surface area (Å²) in [6.45, 7) is 10.7. The Morgan fingerprint density at radius 2 is 2.18 bits per heavy atom. The van der Waals surface area contributed by atoms with Crippen LogP contribution in [0, 0.1) is 0 Å². The van der Waals surface area contributed by atoms with Crippen LogP contribution in [-0.4, -0.2) is 64.3 Å². The van der Waals surface area contributed by atoms with E-state index >= 15 is 0 Å². The molecular formula is C12H26N4O. The smallest absolute Gasteiger partial charge is 0.191 e. The molecule has 0 fully saturated rings. The Morgan fingerprint density at radius 3 is 2.76 bits per heavy atom. The number of ether oxygens (including phenoxy) is 1. The molecule has 0 atom stereocenters. The largest absolute Gasteiger partial charge is 0.383 e. The minimum absolute atomic E-state index is 0.728. The van der Waals surface area contributed by atoms with Crippen LogP contribution < -0.4 is 10.6 Å². The molecule has 0 saturated heterocycles. The molecule has 5 heteroatoms. The van der Waals surface area contributed by atoms with Gasteiger partial charge in [0.15, 0.2) is 5.96 Å². The second-order valence-corrected chi connectivity index (χ2v) is 3.73. The number of hydrogen-bond donors (Lipinski definition) is 2. The van der Waals surface area contributed by atoms with E-state index in [1.165, 1.54) is 0 Å². The highest BCUT2D eigenvalue weighted by molar-refractivity contribution is 5.79. The zero-order valence-corrected chi connectivity index (χ0v) is 11.3. The van der Waals surface area contributed by atoms with Crippen molar-refractivity contribution in [1.29, 1.82) is 0 Å². The predicted molar refractivity (Wildman–Crippen MR) is 73.6 cm³/mol. The van der Waals surface area contributed by atoms with Crippen LogP contribution in [0.2, 0.25) is 0 Å². The topological polar surface area (TPSA) is 48.9 Å². The fourth-order valence-electron chi connectivity index (χ4n) is 1.20. The molecule has 0 unspecified atom stereocenters. The Balaban J connectivity index is 3.84. The van der Waals surface area contributed by atoms with Gasteiger partial charge in [-0.3, -0.25) is 4.99 Å². The summed E-state index contributed by atoms with van der Waals surface area (Å²) in [5.74, 6) is 0.840. The zero-order valence-electron chi connectivity index (χ0n) is 11.3. The molecule has 0 aliphatic carbocycles. The maximum atomic E-state index is 5.02. The van der Waals surface area contributed by atoms with Gasteiger partial charge in [0.2, 0.25) is 0 Å². The van der Waals surface area contributed by atoms with Gasteiger partial charge in [0.05, 0.1) is 13.2 Å². The van der Waals surface area contributed by atoms with Gasteiger partial charge in [0.25, 0.3) is 0 Å². The number of nitrogens with one attached hydrogen (secondary N) is 2. The molecule has 0 aromatic carbocycles. The number of rotatable bonds is 9. The first-order valence-corrected chi connectivity index (χ1v) is 6.05. The van der Waals surface area contributed by atoms with Crippen molar-refractivity contribution in [3.63, 3.8) is 0 Å². The molecule has 17 heavy (non-hydrogen) atoms. The summed E-state index contributed by atoms with van der Waals surface area (Å²) in [7, 11) is 3.78. The highest BCUT2D eigenvalue weighted by Gasteiger charge is 1.98. The van der Waals surface area contributed by atoms with E-state index in [1.54, 1.807) is 7.11 Å². The van der Waals surface area contributed by atoms with Crippen molar-refractivity contribution in [1.82, 2.24) is 15.5 Å². The van der Waals surface area contributed by atoms with Crippen molar-refractivity contribution in [2.24, 2.45) is 4.99 Å². The number of methoxy groups -OCH3 is 1. The van der Waals surface area contributed by atoms with Crippen LogP contribution in [0.3, 0.4) is 0 Å². The van der Waals surface area contributed by atoms with Gasteiger partial charge in [-0.1, -0.05) is 6.08 Å². The summed E-state index contributed by atoms with van der Waals surface area (Å²) < 4.78 is 5.02. The molecule has 2 N–H and O–H groups in total. The highest BCUT2D eigenvalue weighted by Crippen LogP contribution is 1.83. The SMILES string of the molecule is C=CCNC(=NCCN(C)CCOC)NCC. The van der Waals surface area contributed by atoms with Crippen LogP contribution in [0.5, 0.6) is 0 Å². The number of hydrogen-bond acceptors (Lipinski definition) is 3. The molecule has 0 saturated carbocycles. The molecule has 0 rings (SSSR count). The Labute approximate surface area is 105 Å². The number of nitrogens with zero attached hydrogens (tertiary/aromatic N) is 2. The first-order chi connectivity index (χ1) is 8.24. The Hall–Kier alpha value is -1.07. The predicted octanol–water partition coefficient (Wildman–Crippen LogP) is 0.306. The van der Waals surface area contributed by atoms with Crippen LogP contribution in [0.1, 0.15) is 6.92 Å². The molecule has 0 aliphatic rings. The van der Waals surface area contributed by atoms with Gasteiger partial charge in [0.1, 0.15) is 0 Å². The van der Waals surface area contributed by atoms with Gasteiger partial charge in [-0.05, 0) is 14.0 Å².